The highest BCUT2D eigenvalue weighted by Crippen LogP contribution is 2.39. The first-order chi connectivity index (χ1) is 12.7. The lowest BCUT2D eigenvalue weighted by Crippen LogP contribution is -2.37. The Kier molecular flexibility index (Phi) is 5.57. The summed E-state index contributed by atoms with van der Waals surface area (Å²) in [5, 5.41) is 8.75. The number of nitriles is 1. The summed E-state index contributed by atoms with van der Waals surface area (Å²) in [4.78, 5) is 1.06. The zero-order valence-electron chi connectivity index (χ0n) is 13.9. The van der Waals surface area contributed by atoms with Crippen LogP contribution in [0.25, 0.3) is 0 Å². The van der Waals surface area contributed by atoms with Gasteiger partial charge in [0.25, 0.3) is 0 Å². The first kappa shape index (κ1) is 21.8. The molecule has 2 rings (SSSR count). The molecule has 0 spiro atoms. The summed E-state index contributed by atoms with van der Waals surface area (Å²) in [5.41, 5.74) is -8.86. The third kappa shape index (κ3) is 4.16. The van der Waals surface area contributed by atoms with E-state index in [1.807, 2.05) is 0 Å². The quantitative estimate of drug-likeness (QED) is 0.411. The van der Waals surface area contributed by atoms with Crippen molar-refractivity contribution in [2.45, 2.75) is 18.6 Å². The minimum absolute atomic E-state index is 0.320. The molecule has 13 heteroatoms. The number of hydrogen-bond donors (Lipinski definition) is 0. The zero-order valence-corrected chi connectivity index (χ0v) is 14.7. The van der Waals surface area contributed by atoms with E-state index in [0.717, 1.165) is 23.1 Å². The van der Waals surface area contributed by atoms with Gasteiger partial charge in [0.1, 0.15) is 11.3 Å². The van der Waals surface area contributed by atoms with Crippen molar-refractivity contribution in [2.75, 3.05) is 18.0 Å². The fourth-order valence-corrected chi connectivity index (χ4v) is 3.14. The largest absolute Gasteiger partial charge is 0.534 e. The Balaban J connectivity index is 2.37. The average molecular weight is 432 g/mol. The molecule has 0 saturated carbocycles. The standard InChI is InChI=1S/C15H11F7N2O3S/c1-8-7-24(5-4-11(8)27-28(25,26)15(20,21)22)10-3-2-9(6-23)12(13(10)16)14(17,18)19/h2-4,8H,5,7H2,1H3. The van der Waals surface area contributed by atoms with Crippen LogP contribution in [-0.4, -0.2) is 27.0 Å². The number of rotatable bonds is 3. The Labute approximate surface area is 154 Å². The van der Waals surface area contributed by atoms with E-state index in [4.69, 9.17) is 5.26 Å². The minimum Gasteiger partial charge on any atom is -0.380 e. The van der Waals surface area contributed by atoms with Crippen LogP contribution in [0.1, 0.15) is 18.1 Å². The molecule has 0 aromatic heterocycles. The van der Waals surface area contributed by atoms with E-state index in [0.29, 0.717) is 0 Å². The SMILES string of the molecule is CC1CN(c2ccc(C#N)c(C(F)(F)F)c2F)CC=C1OS(=O)(=O)C(F)(F)F. The summed E-state index contributed by atoms with van der Waals surface area (Å²) >= 11 is 0. The predicted molar refractivity (Wildman–Crippen MR) is 81.6 cm³/mol. The van der Waals surface area contributed by atoms with Gasteiger partial charge in [-0.1, -0.05) is 6.92 Å². The van der Waals surface area contributed by atoms with Crippen LogP contribution < -0.4 is 4.90 Å². The minimum atomic E-state index is -5.90. The second-order valence-corrected chi connectivity index (χ2v) is 7.36. The molecule has 1 unspecified atom stereocenters. The van der Waals surface area contributed by atoms with Gasteiger partial charge in [0.05, 0.1) is 17.3 Å². The van der Waals surface area contributed by atoms with E-state index >= 15 is 0 Å². The average Bonchev–Trinajstić information content (AvgIpc) is 2.54. The van der Waals surface area contributed by atoms with Crippen LogP contribution in [0.15, 0.2) is 24.0 Å². The van der Waals surface area contributed by atoms with Gasteiger partial charge in [-0.15, -0.1) is 0 Å². The van der Waals surface area contributed by atoms with E-state index in [2.05, 4.69) is 4.18 Å². The fraction of sp³-hybridized carbons (Fsp3) is 0.400. The lowest BCUT2D eigenvalue weighted by Gasteiger charge is -2.32. The van der Waals surface area contributed by atoms with Crippen molar-refractivity contribution >= 4 is 15.8 Å². The van der Waals surface area contributed by atoms with Crippen molar-refractivity contribution in [3.8, 4) is 6.07 Å². The predicted octanol–water partition coefficient (Wildman–Crippen LogP) is 3.92. The first-order valence-corrected chi connectivity index (χ1v) is 8.85. The molecule has 1 aliphatic rings. The number of halogens is 7. The molecular weight excluding hydrogens is 421 g/mol. The van der Waals surface area contributed by atoms with Crippen molar-refractivity contribution in [3.05, 3.63) is 40.9 Å². The second-order valence-electron chi connectivity index (χ2n) is 5.83. The Morgan fingerprint density at radius 3 is 2.29 bits per heavy atom. The van der Waals surface area contributed by atoms with Crippen LogP contribution in [0.2, 0.25) is 0 Å². The summed E-state index contributed by atoms with van der Waals surface area (Å²) in [6.07, 6.45) is -4.24. The van der Waals surface area contributed by atoms with Gasteiger partial charge in [0.15, 0.2) is 5.82 Å². The molecule has 0 saturated heterocycles. The molecule has 1 atom stereocenters. The van der Waals surface area contributed by atoms with Crippen molar-refractivity contribution in [2.24, 2.45) is 5.92 Å². The normalized spacial score (nSPS) is 18.5. The van der Waals surface area contributed by atoms with Crippen LogP contribution in [0.5, 0.6) is 0 Å². The molecule has 28 heavy (non-hydrogen) atoms. The topological polar surface area (TPSA) is 70.4 Å². The molecule has 1 aromatic carbocycles. The van der Waals surface area contributed by atoms with E-state index in [-0.39, 0.29) is 6.54 Å². The van der Waals surface area contributed by atoms with Crippen molar-refractivity contribution in [1.29, 1.82) is 5.26 Å². The molecule has 5 nitrogen and oxygen atoms in total. The highest BCUT2D eigenvalue weighted by Gasteiger charge is 2.49. The van der Waals surface area contributed by atoms with Crippen LogP contribution >= 0.6 is 0 Å². The molecular formula is C15H11F7N2O3S. The van der Waals surface area contributed by atoms with E-state index in [9.17, 15) is 39.2 Å². The fourth-order valence-electron chi connectivity index (χ4n) is 2.56. The van der Waals surface area contributed by atoms with Crippen LogP contribution in [0.4, 0.5) is 36.4 Å². The third-order valence-corrected chi connectivity index (χ3v) is 4.83. The number of benzene rings is 1. The van der Waals surface area contributed by atoms with Gasteiger partial charge in [0, 0.05) is 19.0 Å². The van der Waals surface area contributed by atoms with Gasteiger partial charge < -0.3 is 9.08 Å². The maximum absolute atomic E-state index is 14.4. The van der Waals surface area contributed by atoms with Crippen molar-refractivity contribution < 1.29 is 43.3 Å². The smallest absolute Gasteiger partial charge is 0.380 e. The van der Waals surface area contributed by atoms with Crippen molar-refractivity contribution in [3.63, 3.8) is 0 Å². The Morgan fingerprint density at radius 1 is 1.21 bits per heavy atom. The summed E-state index contributed by atoms with van der Waals surface area (Å²) < 4.78 is 117. The first-order valence-electron chi connectivity index (χ1n) is 7.44. The van der Waals surface area contributed by atoms with Gasteiger partial charge in [-0.05, 0) is 18.2 Å². The van der Waals surface area contributed by atoms with E-state index < -0.39 is 62.7 Å². The number of nitrogens with zero attached hydrogens (tertiary/aromatic N) is 2. The second kappa shape index (κ2) is 7.16. The molecule has 0 fully saturated rings. The molecule has 154 valence electrons. The monoisotopic (exact) mass is 432 g/mol. The van der Waals surface area contributed by atoms with Crippen LogP contribution in [0.3, 0.4) is 0 Å². The molecule has 1 aromatic rings. The number of anilines is 1. The highest BCUT2D eigenvalue weighted by atomic mass is 32.2. The van der Waals surface area contributed by atoms with E-state index in [1.165, 1.54) is 13.0 Å². The zero-order chi connectivity index (χ0) is 21.5. The highest BCUT2D eigenvalue weighted by molar-refractivity contribution is 7.87. The molecule has 0 radical (unpaired) electrons. The number of alkyl halides is 6. The van der Waals surface area contributed by atoms with Crippen molar-refractivity contribution in [1.82, 2.24) is 0 Å². The Bertz CT molecular complexity index is 946. The molecule has 1 heterocycles. The van der Waals surface area contributed by atoms with Gasteiger partial charge in [-0.25, -0.2) is 4.39 Å². The number of hydrogen-bond acceptors (Lipinski definition) is 5. The van der Waals surface area contributed by atoms with Gasteiger partial charge in [-0.3, -0.25) is 0 Å². The van der Waals surface area contributed by atoms with E-state index in [1.54, 1.807) is 0 Å². The van der Waals surface area contributed by atoms with Gasteiger partial charge in [0.2, 0.25) is 0 Å². The maximum Gasteiger partial charge on any atom is 0.534 e. The van der Waals surface area contributed by atoms with Gasteiger partial charge in [-0.2, -0.15) is 40.0 Å². The lowest BCUT2D eigenvalue weighted by atomic mass is 10.0. The Morgan fingerprint density at radius 2 is 1.82 bits per heavy atom. The van der Waals surface area contributed by atoms with Crippen LogP contribution in [0, 0.1) is 23.1 Å². The lowest BCUT2D eigenvalue weighted by molar-refractivity contribution is -0.140. The maximum atomic E-state index is 14.4. The van der Waals surface area contributed by atoms with Crippen LogP contribution in [-0.2, 0) is 20.5 Å². The molecule has 0 N–H and O–H groups in total. The van der Waals surface area contributed by atoms with Gasteiger partial charge >= 0.3 is 21.8 Å². The summed E-state index contributed by atoms with van der Waals surface area (Å²) in [6.45, 7) is 0.530. The third-order valence-electron chi connectivity index (χ3n) is 3.85. The molecule has 0 aliphatic carbocycles. The Hall–Kier alpha value is -2.49. The summed E-state index contributed by atoms with van der Waals surface area (Å²) in [6, 6.07) is 2.95. The molecule has 0 bridgehead atoms. The molecule has 0 amide bonds. The summed E-state index contributed by atoms with van der Waals surface area (Å²) in [5.74, 6) is -3.27. The summed E-state index contributed by atoms with van der Waals surface area (Å²) in [7, 11) is -5.90. The molecule has 1 aliphatic heterocycles.